The van der Waals surface area contributed by atoms with E-state index in [1.165, 1.54) is 6.07 Å². The maximum Gasteiger partial charge on any atom is 0.250 e. The van der Waals surface area contributed by atoms with Crippen LogP contribution in [0.2, 0.25) is 0 Å². The van der Waals surface area contributed by atoms with E-state index in [2.05, 4.69) is 4.72 Å². The van der Waals surface area contributed by atoms with Crippen molar-refractivity contribution >= 4 is 21.4 Å². The van der Waals surface area contributed by atoms with Crippen molar-refractivity contribution in [2.24, 2.45) is 5.92 Å². The molecule has 0 aliphatic rings. The van der Waals surface area contributed by atoms with Crippen LogP contribution in [0, 0.1) is 5.92 Å². The van der Waals surface area contributed by atoms with Crippen molar-refractivity contribution in [1.29, 1.82) is 0 Å². The van der Waals surface area contributed by atoms with Gasteiger partial charge in [0.05, 0.1) is 13.2 Å². The highest BCUT2D eigenvalue weighted by Crippen LogP contribution is 2.19. The summed E-state index contributed by atoms with van der Waals surface area (Å²) >= 11 is 1.10. The van der Waals surface area contributed by atoms with Crippen LogP contribution in [0.1, 0.15) is 19.4 Å². The zero-order valence-corrected chi connectivity index (χ0v) is 12.2. The molecule has 0 radical (unpaired) electrons. The van der Waals surface area contributed by atoms with Crippen LogP contribution in [-0.4, -0.2) is 33.3 Å². The highest BCUT2D eigenvalue weighted by molar-refractivity contribution is 7.91. The van der Waals surface area contributed by atoms with Crippen LogP contribution in [-0.2, 0) is 21.4 Å². The molecule has 0 aromatic carbocycles. The van der Waals surface area contributed by atoms with Gasteiger partial charge in [0.1, 0.15) is 4.21 Å². The van der Waals surface area contributed by atoms with Gasteiger partial charge in [0.2, 0.25) is 10.0 Å². The van der Waals surface area contributed by atoms with Crippen LogP contribution in [0.25, 0.3) is 0 Å². The first-order chi connectivity index (χ1) is 8.45. The molecule has 0 unspecified atom stereocenters. The van der Waals surface area contributed by atoms with Gasteiger partial charge in [-0.3, -0.25) is 0 Å². The van der Waals surface area contributed by atoms with Gasteiger partial charge in [0.25, 0.3) is 0 Å². The fourth-order valence-corrected chi connectivity index (χ4v) is 3.47. The van der Waals surface area contributed by atoms with Crippen molar-refractivity contribution in [3.63, 3.8) is 0 Å². The Morgan fingerprint density at radius 2 is 2.22 bits per heavy atom. The lowest BCUT2D eigenvalue weighted by Crippen LogP contribution is -2.27. The molecule has 0 aliphatic heterocycles. The Hall–Kier alpha value is -0.470. The Labute approximate surface area is 112 Å². The zero-order valence-electron chi connectivity index (χ0n) is 10.5. The molecule has 1 heterocycles. The molecule has 0 fully saturated rings. The number of aliphatic hydroxyl groups is 1. The number of aliphatic hydroxyl groups excluding tert-OH is 1. The van der Waals surface area contributed by atoms with Crippen molar-refractivity contribution in [1.82, 2.24) is 4.72 Å². The Morgan fingerprint density at radius 1 is 1.50 bits per heavy atom. The lowest BCUT2D eigenvalue weighted by Gasteiger charge is -2.07. The van der Waals surface area contributed by atoms with Gasteiger partial charge >= 0.3 is 0 Å². The molecule has 0 saturated carbocycles. The second-order valence-corrected chi connectivity index (χ2v) is 7.20. The molecule has 0 saturated heterocycles. The molecule has 7 heteroatoms. The summed E-state index contributed by atoms with van der Waals surface area (Å²) in [7, 11) is -3.47. The Kier molecular flexibility index (Phi) is 6.24. The topological polar surface area (TPSA) is 75.6 Å². The molecule has 0 spiro atoms. The number of ether oxygens (including phenoxy) is 1. The predicted molar refractivity (Wildman–Crippen MR) is 71.1 cm³/mol. The smallest absolute Gasteiger partial charge is 0.250 e. The van der Waals surface area contributed by atoms with Crippen molar-refractivity contribution in [2.75, 3.05) is 19.8 Å². The highest BCUT2D eigenvalue weighted by atomic mass is 32.2. The number of rotatable bonds is 8. The van der Waals surface area contributed by atoms with Crippen molar-refractivity contribution < 1.29 is 18.3 Å². The lowest BCUT2D eigenvalue weighted by molar-refractivity contribution is 0.114. The summed E-state index contributed by atoms with van der Waals surface area (Å²) in [6.07, 6.45) is 0. The Bertz CT molecular complexity index is 453. The minimum atomic E-state index is -3.47. The van der Waals surface area contributed by atoms with Gasteiger partial charge in [-0.15, -0.1) is 11.3 Å². The van der Waals surface area contributed by atoms with Gasteiger partial charge in [0, 0.05) is 13.2 Å². The summed E-state index contributed by atoms with van der Waals surface area (Å²) in [6, 6.07) is 1.47. The first kappa shape index (κ1) is 15.6. The third kappa shape index (κ3) is 5.03. The third-order valence-electron chi connectivity index (χ3n) is 2.07. The molecule has 2 N–H and O–H groups in total. The second kappa shape index (κ2) is 7.20. The van der Waals surface area contributed by atoms with Crippen molar-refractivity contribution in [2.45, 2.75) is 24.7 Å². The second-order valence-electron chi connectivity index (χ2n) is 4.30. The number of hydrogen-bond donors (Lipinski definition) is 2. The predicted octanol–water partition coefficient (Wildman–Crippen LogP) is 1.19. The number of hydrogen-bond acceptors (Lipinski definition) is 5. The largest absolute Gasteiger partial charge is 0.392 e. The lowest BCUT2D eigenvalue weighted by atomic mass is 10.2. The fraction of sp³-hybridized carbons (Fsp3) is 0.636. The van der Waals surface area contributed by atoms with Gasteiger partial charge < -0.3 is 9.84 Å². The minimum Gasteiger partial charge on any atom is -0.392 e. The molecule has 1 rings (SSSR count). The zero-order chi connectivity index (χ0) is 13.6. The molecule has 18 heavy (non-hydrogen) atoms. The normalized spacial score (nSPS) is 12.2. The van der Waals surface area contributed by atoms with E-state index in [1.54, 1.807) is 5.38 Å². The van der Waals surface area contributed by atoms with Crippen LogP contribution < -0.4 is 4.72 Å². The van der Waals surface area contributed by atoms with E-state index >= 15 is 0 Å². The minimum absolute atomic E-state index is 0.149. The third-order valence-corrected chi connectivity index (χ3v) is 5.02. The molecule has 104 valence electrons. The monoisotopic (exact) mass is 293 g/mol. The summed E-state index contributed by atoms with van der Waals surface area (Å²) in [4.78, 5) is 0. The SMILES string of the molecule is CC(C)COCCNS(=O)(=O)c1cc(CO)cs1. The molecular weight excluding hydrogens is 274 g/mol. The summed E-state index contributed by atoms with van der Waals surface area (Å²) < 4.78 is 31.6. The molecule has 0 amide bonds. The molecule has 1 aromatic heterocycles. The Balaban J connectivity index is 2.40. The van der Waals surface area contributed by atoms with E-state index in [0.29, 0.717) is 24.7 Å². The van der Waals surface area contributed by atoms with Gasteiger partial charge in [-0.25, -0.2) is 13.1 Å². The average Bonchev–Trinajstić information content (AvgIpc) is 2.77. The van der Waals surface area contributed by atoms with E-state index < -0.39 is 10.0 Å². The van der Waals surface area contributed by atoms with E-state index in [-0.39, 0.29) is 17.4 Å². The highest BCUT2D eigenvalue weighted by Gasteiger charge is 2.15. The first-order valence-electron chi connectivity index (χ1n) is 5.71. The van der Waals surface area contributed by atoms with E-state index in [1.807, 2.05) is 13.8 Å². The van der Waals surface area contributed by atoms with E-state index in [9.17, 15) is 8.42 Å². The molecule has 0 bridgehead atoms. The summed E-state index contributed by atoms with van der Waals surface area (Å²) in [6.45, 7) is 5.15. The number of sulfonamides is 1. The quantitative estimate of drug-likeness (QED) is 0.706. The summed E-state index contributed by atoms with van der Waals surface area (Å²) in [5, 5.41) is 10.5. The van der Waals surface area contributed by atoms with Gasteiger partial charge in [-0.2, -0.15) is 0 Å². The summed E-state index contributed by atoms with van der Waals surface area (Å²) in [5.41, 5.74) is 0.608. The molecule has 0 aliphatic carbocycles. The van der Waals surface area contributed by atoms with Gasteiger partial charge in [-0.1, -0.05) is 13.8 Å². The number of thiophene rings is 1. The van der Waals surface area contributed by atoms with E-state index in [4.69, 9.17) is 9.84 Å². The average molecular weight is 293 g/mol. The van der Waals surface area contributed by atoms with E-state index in [0.717, 1.165) is 11.3 Å². The van der Waals surface area contributed by atoms with Crippen molar-refractivity contribution in [3.05, 3.63) is 17.0 Å². The molecule has 5 nitrogen and oxygen atoms in total. The first-order valence-corrected chi connectivity index (χ1v) is 8.07. The van der Waals surface area contributed by atoms with Crippen LogP contribution in [0.4, 0.5) is 0 Å². The van der Waals surface area contributed by atoms with Crippen LogP contribution in [0.5, 0.6) is 0 Å². The maximum absolute atomic E-state index is 11.8. The molecule has 1 aromatic rings. The van der Waals surface area contributed by atoms with Crippen LogP contribution in [0.3, 0.4) is 0 Å². The molecular formula is C11H19NO4S2. The fourth-order valence-electron chi connectivity index (χ4n) is 1.22. The van der Waals surface area contributed by atoms with Crippen molar-refractivity contribution in [3.8, 4) is 0 Å². The number of nitrogens with one attached hydrogen (secondary N) is 1. The van der Waals surface area contributed by atoms with Gasteiger partial charge in [-0.05, 0) is 22.9 Å². The van der Waals surface area contributed by atoms with Crippen LogP contribution >= 0.6 is 11.3 Å². The van der Waals surface area contributed by atoms with Gasteiger partial charge in [0.15, 0.2) is 0 Å². The maximum atomic E-state index is 11.8. The molecule has 0 atom stereocenters. The summed E-state index contributed by atoms with van der Waals surface area (Å²) in [5.74, 6) is 0.436. The Morgan fingerprint density at radius 3 is 2.78 bits per heavy atom. The standard InChI is InChI=1S/C11H19NO4S2/c1-9(2)7-16-4-3-12-18(14,15)11-5-10(6-13)8-17-11/h5,8-9,12-13H,3-4,6-7H2,1-2H3. The van der Waals surface area contributed by atoms with Crippen LogP contribution in [0.15, 0.2) is 15.7 Å².